The van der Waals surface area contributed by atoms with Crippen molar-refractivity contribution in [3.05, 3.63) is 54.2 Å². The summed E-state index contributed by atoms with van der Waals surface area (Å²) in [5.74, 6) is 1.07. The molecule has 0 spiro atoms. The molecule has 1 N–H and O–H groups in total. The van der Waals surface area contributed by atoms with Gasteiger partial charge in [-0.15, -0.1) is 0 Å². The maximum absolute atomic E-state index is 12.7. The molecule has 0 fully saturated rings. The number of para-hydroxylation sites is 1. The number of rotatable bonds is 3. The number of nitrogens with one attached hydrogen (secondary N) is 1. The van der Waals surface area contributed by atoms with Crippen molar-refractivity contribution in [3.8, 4) is 11.5 Å². The van der Waals surface area contributed by atoms with Crippen LogP contribution in [0.15, 0.2) is 48.7 Å². The van der Waals surface area contributed by atoms with Gasteiger partial charge in [0.05, 0.1) is 5.92 Å². The van der Waals surface area contributed by atoms with Crippen molar-refractivity contribution in [2.75, 3.05) is 18.5 Å². The van der Waals surface area contributed by atoms with Crippen molar-refractivity contribution in [2.45, 2.75) is 12.8 Å². The van der Waals surface area contributed by atoms with Crippen LogP contribution in [0.1, 0.15) is 18.4 Å². The smallest absolute Gasteiger partial charge is 0.231 e. The third-order valence-electron chi connectivity index (χ3n) is 4.60. The van der Waals surface area contributed by atoms with Crippen molar-refractivity contribution in [1.29, 1.82) is 0 Å². The summed E-state index contributed by atoms with van der Waals surface area (Å²) in [6.07, 6.45) is 2.03. The van der Waals surface area contributed by atoms with E-state index in [4.69, 9.17) is 9.47 Å². The Hall–Kier alpha value is -2.95. The van der Waals surface area contributed by atoms with Gasteiger partial charge in [-0.05, 0) is 30.7 Å². The second-order valence-corrected chi connectivity index (χ2v) is 6.28. The molecule has 4 rings (SSSR count). The maximum Gasteiger partial charge on any atom is 0.231 e. The Morgan fingerprint density at radius 3 is 2.72 bits per heavy atom. The van der Waals surface area contributed by atoms with Gasteiger partial charge < -0.3 is 19.4 Å². The summed E-state index contributed by atoms with van der Waals surface area (Å²) in [6.45, 7) is 3.00. The van der Waals surface area contributed by atoms with Crippen LogP contribution >= 0.6 is 0 Å². The molecule has 0 bridgehead atoms. The topological polar surface area (TPSA) is 52.5 Å². The Bertz CT molecular complexity index is 945. The fraction of sp³-hybridized carbons (Fsp3) is 0.250. The van der Waals surface area contributed by atoms with Crippen LogP contribution in [0, 0.1) is 0 Å². The van der Waals surface area contributed by atoms with E-state index in [9.17, 15) is 4.79 Å². The molecule has 5 heteroatoms. The summed E-state index contributed by atoms with van der Waals surface area (Å²) >= 11 is 0. The van der Waals surface area contributed by atoms with Gasteiger partial charge in [-0.25, -0.2) is 0 Å². The number of aryl methyl sites for hydroxylation is 1. The maximum atomic E-state index is 12.7. The fourth-order valence-electron chi connectivity index (χ4n) is 3.23. The molecule has 0 unspecified atom stereocenters. The Morgan fingerprint density at radius 2 is 1.88 bits per heavy atom. The predicted octanol–water partition coefficient (Wildman–Crippen LogP) is 3.69. The first-order valence-electron chi connectivity index (χ1n) is 8.38. The molecule has 5 nitrogen and oxygen atoms in total. The van der Waals surface area contributed by atoms with E-state index in [0.717, 1.165) is 16.5 Å². The number of hydrogen-bond acceptors (Lipinski definition) is 3. The number of aromatic nitrogens is 1. The first kappa shape index (κ1) is 15.6. The number of nitrogens with zero attached hydrogens (tertiary/aromatic N) is 1. The fourth-order valence-corrected chi connectivity index (χ4v) is 3.23. The molecule has 1 aromatic heterocycles. The highest BCUT2D eigenvalue weighted by atomic mass is 16.6. The Balaban J connectivity index is 1.58. The van der Waals surface area contributed by atoms with E-state index >= 15 is 0 Å². The lowest BCUT2D eigenvalue weighted by molar-refractivity contribution is -0.117. The average Bonchev–Trinajstić information content (AvgIpc) is 2.98. The summed E-state index contributed by atoms with van der Waals surface area (Å²) in [4.78, 5) is 12.7. The van der Waals surface area contributed by atoms with Crippen molar-refractivity contribution in [2.24, 2.45) is 7.05 Å². The number of fused-ring (bicyclic) bond motifs is 2. The van der Waals surface area contributed by atoms with Crippen LogP contribution in [0.2, 0.25) is 0 Å². The summed E-state index contributed by atoms with van der Waals surface area (Å²) in [5, 5.41) is 4.09. The minimum atomic E-state index is -0.265. The van der Waals surface area contributed by atoms with Gasteiger partial charge in [-0.2, -0.15) is 0 Å². The molecule has 1 amide bonds. The van der Waals surface area contributed by atoms with E-state index in [0.29, 0.717) is 30.4 Å². The molecule has 0 saturated heterocycles. The van der Waals surface area contributed by atoms with Crippen molar-refractivity contribution in [1.82, 2.24) is 4.57 Å². The van der Waals surface area contributed by atoms with Crippen molar-refractivity contribution < 1.29 is 14.3 Å². The lowest BCUT2D eigenvalue weighted by Crippen LogP contribution is -2.19. The first-order chi connectivity index (χ1) is 12.1. The van der Waals surface area contributed by atoms with Gasteiger partial charge in [0.25, 0.3) is 0 Å². The van der Waals surface area contributed by atoms with Gasteiger partial charge in [-0.3, -0.25) is 4.79 Å². The van der Waals surface area contributed by atoms with Gasteiger partial charge in [0.2, 0.25) is 5.91 Å². The molecule has 0 saturated carbocycles. The predicted molar refractivity (Wildman–Crippen MR) is 97.4 cm³/mol. The molecule has 128 valence electrons. The lowest BCUT2D eigenvalue weighted by Gasteiger charge is -2.19. The van der Waals surface area contributed by atoms with Crippen LogP contribution < -0.4 is 14.8 Å². The van der Waals surface area contributed by atoms with Crippen molar-refractivity contribution >= 4 is 22.5 Å². The SMILES string of the molecule is C[C@@H](C(=O)Nc1ccc2c(c1)OCCO2)c1cn(C)c2ccccc12. The molecule has 1 aliphatic rings. The summed E-state index contributed by atoms with van der Waals surface area (Å²) in [6, 6.07) is 13.6. The second kappa shape index (κ2) is 6.16. The van der Waals surface area contributed by atoms with Crippen LogP contribution in [0.25, 0.3) is 10.9 Å². The number of carbonyl (C=O) groups is 1. The van der Waals surface area contributed by atoms with E-state index in [-0.39, 0.29) is 11.8 Å². The summed E-state index contributed by atoms with van der Waals surface area (Å²) in [7, 11) is 2.00. The number of amides is 1. The molecule has 2 heterocycles. The van der Waals surface area contributed by atoms with Crippen molar-refractivity contribution in [3.63, 3.8) is 0 Å². The number of carbonyl (C=O) groups excluding carboxylic acids is 1. The summed E-state index contributed by atoms with van der Waals surface area (Å²) < 4.78 is 13.1. The number of benzene rings is 2. The van der Waals surface area contributed by atoms with Crippen LogP contribution in [-0.2, 0) is 11.8 Å². The minimum absolute atomic E-state index is 0.0481. The molecule has 0 aliphatic carbocycles. The monoisotopic (exact) mass is 336 g/mol. The Morgan fingerprint density at radius 1 is 1.12 bits per heavy atom. The third kappa shape index (κ3) is 2.82. The molecule has 1 atom stereocenters. The van der Waals surface area contributed by atoms with E-state index in [1.54, 1.807) is 0 Å². The largest absolute Gasteiger partial charge is 0.486 e. The van der Waals surface area contributed by atoms with E-state index in [1.165, 1.54) is 0 Å². The second-order valence-electron chi connectivity index (χ2n) is 6.28. The number of anilines is 1. The van der Waals surface area contributed by atoms with E-state index in [2.05, 4.69) is 22.0 Å². The van der Waals surface area contributed by atoms with E-state index in [1.807, 2.05) is 50.5 Å². The van der Waals surface area contributed by atoms with Crippen LogP contribution in [0.5, 0.6) is 11.5 Å². The minimum Gasteiger partial charge on any atom is -0.486 e. The Labute approximate surface area is 146 Å². The highest BCUT2D eigenvalue weighted by molar-refractivity contribution is 5.99. The number of hydrogen-bond donors (Lipinski definition) is 1. The van der Waals surface area contributed by atoms with Gasteiger partial charge in [0, 0.05) is 35.9 Å². The molecular formula is C20H20N2O3. The van der Waals surface area contributed by atoms with Gasteiger partial charge in [0.15, 0.2) is 11.5 Å². The highest BCUT2D eigenvalue weighted by Crippen LogP contribution is 2.33. The number of ether oxygens (including phenoxy) is 2. The molecule has 3 aromatic rings. The van der Waals surface area contributed by atoms with Crippen LogP contribution in [0.3, 0.4) is 0 Å². The molecule has 1 aliphatic heterocycles. The van der Waals surface area contributed by atoms with Crippen LogP contribution in [0.4, 0.5) is 5.69 Å². The van der Waals surface area contributed by atoms with Gasteiger partial charge in [-0.1, -0.05) is 18.2 Å². The standard InChI is InChI=1S/C20H20N2O3/c1-13(16-12-22(2)17-6-4-3-5-15(16)17)20(23)21-14-7-8-18-19(11-14)25-10-9-24-18/h3-8,11-13H,9-10H2,1-2H3,(H,21,23)/t13-/m1/s1. The molecule has 25 heavy (non-hydrogen) atoms. The van der Waals surface area contributed by atoms with Gasteiger partial charge >= 0.3 is 0 Å². The normalized spacial score (nSPS) is 14.3. The zero-order valence-corrected chi connectivity index (χ0v) is 14.3. The van der Waals surface area contributed by atoms with Gasteiger partial charge in [0.1, 0.15) is 13.2 Å². The molecule has 2 aromatic carbocycles. The zero-order chi connectivity index (χ0) is 17.4. The quantitative estimate of drug-likeness (QED) is 0.793. The first-order valence-corrected chi connectivity index (χ1v) is 8.38. The van der Waals surface area contributed by atoms with Crippen LogP contribution in [-0.4, -0.2) is 23.7 Å². The van der Waals surface area contributed by atoms with E-state index < -0.39 is 0 Å². The zero-order valence-electron chi connectivity index (χ0n) is 14.3. The third-order valence-corrected chi connectivity index (χ3v) is 4.60. The highest BCUT2D eigenvalue weighted by Gasteiger charge is 2.21. The lowest BCUT2D eigenvalue weighted by atomic mass is 9.99. The average molecular weight is 336 g/mol. The Kier molecular flexibility index (Phi) is 3.84. The molecule has 0 radical (unpaired) electrons. The molecular weight excluding hydrogens is 316 g/mol. The summed E-state index contributed by atoms with van der Waals surface area (Å²) in [5.41, 5.74) is 2.85.